The topological polar surface area (TPSA) is 111 Å². The van der Waals surface area contributed by atoms with Crippen LogP contribution in [-0.2, 0) is 9.53 Å². The number of anilines is 1. The van der Waals surface area contributed by atoms with Crippen molar-refractivity contribution in [2.75, 3.05) is 11.9 Å². The van der Waals surface area contributed by atoms with Gasteiger partial charge in [-0.1, -0.05) is 46.4 Å². The summed E-state index contributed by atoms with van der Waals surface area (Å²) in [4.78, 5) is 37.4. The second-order valence-corrected chi connectivity index (χ2v) is 6.11. The van der Waals surface area contributed by atoms with E-state index >= 15 is 0 Å². The second kappa shape index (κ2) is 8.50. The molecule has 0 atom stereocenters. The van der Waals surface area contributed by atoms with Crippen molar-refractivity contribution in [1.29, 1.82) is 0 Å². The van der Waals surface area contributed by atoms with Crippen LogP contribution in [0, 0.1) is 10.1 Å². The predicted octanol–water partition coefficient (Wildman–Crippen LogP) is 4.40. The Kier molecular flexibility index (Phi) is 6.60. The number of hydrogen-bond acceptors (Lipinski definition) is 6. The summed E-state index contributed by atoms with van der Waals surface area (Å²) < 4.78 is 4.79. The normalized spacial score (nSPS) is 10.3. The molecule has 26 heavy (non-hydrogen) atoms. The first-order valence-corrected chi connectivity index (χ1v) is 8.13. The van der Waals surface area contributed by atoms with Crippen molar-refractivity contribution in [2.45, 2.75) is 0 Å². The Bertz CT molecular complexity index is 889. The van der Waals surface area contributed by atoms with E-state index in [9.17, 15) is 19.7 Å². The first-order valence-electron chi connectivity index (χ1n) is 6.62. The minimum atomic E-state index is -1.03. The molecule has 0 unspecified atom stereocenters. The minimum absolute atomic E-state index is 0.120. The number of ether oxygens (including phenoxy) is 1. The van der Waals surface area contributed by atoms with Crippen LogP contribution in [0.25, 0.3) is 0 Å². The third kappa shape index (κ3) is 4.73. The predicted molar refractivity (Wildman–Crippen MR) is 96.3 cm³/mol. The van der Waals surface area contributed by atoms with Gasteiger partial charge in [0.2, 0.25) is 0 Å². The molecular weight excluding hydrogens is 432 g/mol. The molecule has 136 valence electrons. The molecule has 0 radical (unpaired) electrons. The Morgan fingerprint density at radius 3 is 2.27 bits per heavy atom. The van der Waals surface area contributed by atoms with Gasteiger partial charge in [-0.05, 0) is 12.1 Å². The van der Waals surface area contributed by atoms with E-state index in [0.29, 0.717) is 0 Å². The van der Waals surface area contributed by atoms with Crippen molar-refractivity contribution in [3.63, 3.8) is 0 Å². The monoisotopic (exact) mass is 437 g/mol. The number of nitrogens with zero attached hydrogens (tertiary/aromatic N) is 2. The van der Waals surface area contributed by atoms with Gasteiger partial charge in [0.05, 0.1) is 20.0 Å². The summed E-state index contributed by atoms with van der Waals surface area (Å²) in [6.07, 6.45) is 0. The molecular formula is C14H7Cl4N3O5. The number of pyridine rings is 1. The third-order valence-corrected chi connectivity index (χ3v) is 4.55. The average Bonchev–Trinajstić information content (AvgIpc) is 2.61. The lowest BCUT2D eigenvalue weighted by Crippen LogP contribution is -2.21. The fourth-order valence-electron chi connectivity index (χ4n) is 1.69. The maximum Gasteiger partial charge on any atom is 0.359 e. The number of rotatable bonds is 5. The Morgan fingerprint density at radius 2 is 1.69 bits per heavy atom. The highest BCUT2D eigenvalue weighted by molar-refractivity contribution is 6.52. The van der Waals surface area contributed by atoms with Crippen molar-refractivity contribution >= 4 is 69.7 Å². The summed E-state index contributed by atoms with van der Waals surface area (Å²) in [7, 11) is 0. The number of aromatic nitrogens is 1. The number of amides is 1. The van der Waals surface area contributed by atoms with Gasteiger partial charge in [0, 0.05) is 17.8 Å². The molecule has 1 heterocycles. The summed E-state index contributed by atoms with van der Waals surface area (Å²) >= 11 is 23.1. The zero-order chi connectivity index (χ0) is 19.4. The van der Waals surface area contributed by atoms with E-state index in [4.69, 9.17) is 51.1 Å². The smallest absolute Gasteiger partial charge is 0.359 e. The van der Waals surface area contributed by atoms with Crippen LogP contribution < -0.4 is 5.32 Å². The van der Waals surface area contributed by atoms with E-state index in [1.165, 1.54) is 24.3 Å². The lowest BCUT2D eigenvalue weighted by Gasteiger charge is -2.09. The van der Waals surface area contributed by atoms with E-state index in [1.54, 1.807) is 0 Å². The standard InChI is InChI=1S/C14H7Cl4N3O5/c15-9-10(16)12(20-13(18)11(9)17)14(23)26-5-8(22)19-6-1-3-7(4-2-6)21(24)25/h1-4H,5H2,(H,19,22). The molecule has 0 aliphatic carbocycles. The summed E-state index contributed by atoms with van der Waals surface area (Å²) in [5, 5.41) is 12.2. The number of carbonyl (C=O) groups is 2. The Morgan fingerprint density at radius 1 is 1.08 bits per heavy atom. The van der Waals surface area contributed by atoms with Crippen LogP contribution in [0.4, 0.5) is 11.4 Å². The molecule has 1 amide bonds. The van der Waals surface area contributed by atoms with Crippen LogP contribution in [0.1, 0.15) is 10.5 Å². The van der Waals surface area contributed by atoms with Crippen LogP contribution in [-0.4, -0.2) is 28.4 Å². The number of nitro groups is 1. The highest BCUT2D eigenvalue weighted by atomic mass is 35.5. The third-order valence-electron chi connectivity index (χ3n) is 2.87. The number of nitrogens with one attached hydrogen (secondary N) is 1. The summed E-state index contributed by atoms with van der Waals surface area (Å²) in [6, 6.07) is 5.08. The highest BCUT2D eigenvalue weighted by Crippen LogP contribution is 2.36. The minimum Gasteiger partial charge on any atom is -0.451 e. The number of non-ortho nitro benzene ring substituents is 1. The zero-order valence-corrected chi connectivity index (χ0v) is 15.5. The van der Waals surface area contributed by atoms with Crippen molar-refractivity contribution in [3.05, 3.63) is 60.3 Å². The fourth-order valence-corrected chi connectivity index (χ4v) is 2.49. The van der Waals surface area contributed by atoms with Gasteiger partial charge >= 0.3 is 5.97 Å². The van der Waals surface area contributed by atoms with Crippen molar-refractivity contribution in [3.8, 4) is 0 Å². The van der Waals surface area contributed by atoms with Crippen LogP contribution in [0.5, 0.6) is 0 Å². The quantitative estimate of drug-likeness (QED) is 0.320. The molecule has 0 bridgehead atoms. The number of nitro benzene ring substituents is 1. The molecule has 0 fully saturated rings. The van der Waals surface area contributed by atoms with Crippen LogP contribution in [0.2, 0.25) is 20.2 Å². The molecule has 8 nitrogen and oxygen atoms in total. The van der Waals surface area contributed by atoms with Gasteiger partial charge in [-0.25, -0.2) is 9.78 Å². The van der Waals surface area contributed by atoms with E-state index in [1.807, 2.05) is 0 Å². The molecule has 0 spiro atoms. The maximum absolute atomic E-state index is 12.0. The molecule has 2 rings (SSSR count). The van der Waals surface area contributed by atoms with Crippen molar-refractivity contribution < 1.29 is 19.2 Å². The van der Waals surface area contributed by atoms with Gasteiger partial charge in [-0.2, -0.15) is 0 Å². The lowest BCUT2D eigenvalue weighted by molar-refractivity contribution is -0.384. The van der Waals surface area contributed by atoms with Crippen LogP contribution in [0.15, 0.2) is 24.3 Å². The van der Waals surface area contributed by atoms with Crippen molar-refractivity contribution in [1.82, 2.24) is 4.98 Å². The summed E-state index contributed by atoms with van der Waals surface area (Å²) in [5.41, 5.74) is -0.244. The van der Waals surface area contributed by atoms with Gasteiger partial charge in [-0.3, -0.25) is 14.9 Å². The first-order chi connectivity index (χ1) is 12.2. The first kappa shape index (κ1) is 20.2. The van der Waals surface area contributed by atoms with E-state index in [0.717, 1.165) is 0 Å². The number of benzene rings is 1. The van der Waals surface area contributed by atoms with E-state index in [2.05, 4.69) is 10.3 Å². The number of halogens is 4. The van der Waals surface area contributed by atoms with Gasteiger partial charge in [0.25, 0.3) is 11.6 Å². The molecule has 1 aromatic heterocycles. The molecule has 1 aromatic carbocycles. The number of hydrogen-bond donors (Lipinski definition) is 1. The molecule has 0 saturated heterocycles. The molecule has 2 aromatic rings. The number of esters is 1. The van der Waals surface area contributed by atoms with E-state index < -0.39 is 29.1 Å². The lowest BCUT2D eigenvalue weighted by atomic mass is 10.3. The van der Waals surface area contributed by atoms with Gasteiger partial charge in [-0.15, -0.1) is 0 Å². The highest BCUT2D eigenvalue weighted by Gasteiger charge is 2.22. The SMILES string of the molecule is O=C(COC(=O)c1nc(Cl)c(Cl)c(Cl)c1Cl)Nc1ccc([N+](=O)[O-])cc1. The van der Waals surface area contributed by atoms with Gasteiger partial charge < -0.3 is 10.1 Å². The molecule has 0 aliphatic heterocycles. The van der Waals surface area contributed by atoms with Crippen LogP contribution >= 0.6 is 46.4 Å². The Hall–Kier alpha value is -2.13. The maximum atomic E-state index is 12.0. The molecule has 0 aliphatic rings. The van der Waals surface area contributed by atoms with Gasteiger partial charge in [0.1, 0.15) is 5.15 Å². The molecule has 1 N–H and O–H groups in total. The molecule has 0 saturated carbocycles. The Balaban J connectivity index is 1.99. The zero-order valence-electron chi connectivity index (χ0n) is 12.5. The fraction of sp³-hybridized carbons (Fsp3) is 0.0714. The van der Waals surface area contributed by atoms with Crippen LogP contribution in [0.3, 0.4) is 0 Å². The molecule has 12 heteroatoms. The number of carbonyl (C=O) groups excluding carboxylic acids is 2. The Labute approximate surface area is 166 Å². The van der Waals surface area contributed by atoms with Crippen molar-refractivity contribution in [2.24, 2.45) is 0 Å². The second-order valence-electron chi connectivity index (χ2n) is 4.62. The average molecular weight is 439 g/mol. The van der Waals surface area contributed by atoms with Gasteiger partial charge in [0.15, 0.2) is 12.3 Å². The summed E-state index contributed by atoms with van der Waals surface area (Å²) in [5.74, 6) is -1.72. The van der Waals surface area contributed by atoms with E-state index in [-0.39, 0.29) is 31.6 Å². The largest absolute Gasteiger partial charge is 0.451 e. The summed E-state index contributed by atoms with van der Waals surface area (Å²) in [6.45, 7) is -0.661.